The Bertz CT molecular complexity index is 671. The molecule has 2 rings (SSSR count). The van der Waals surface area contributed by atoms with E-state index in [9.17, 15) is 9.59 Å². The molecular formula is C13H16N2O4. The van der Waals surface area contributed by atoms with Crippen LogP contribution in [-0.4, -0.2) is 28.7 Å². The first kappa shape index (κ1) is 13.2. The number of rotatable bonds is 4. The smallest absolute Gasteiger partial charge is 0.419 e. The monoisotopic (exact) mass is 264 g/mol. The number of aryl methyl sites for hydroxylation is 1. The van der Waals surface area contributed by atoms with E-state index >= 15 is 0 Å². The molecule has 1 aromatic heterocycles. The zero-order valence-electron chi connectivity index (χ0n) is 11.1. The van der Waals surface area contributed by atoms with E-state index < -0.39 is 11.7 Å². The quantitative estimate of drug-likeness (QED) is 0.904. The maximum Gasteiger partial charge on any atom is 0.419 e. The highest BCUT2D eigenvalue weighted by Crippen LogP contribution is 2.22. The Labute approximate surface area is 109 Å². The van der Waals surface area contributed by atoms with Crippen LogP contribution in [0, 0.1) is 0 Å². The van der Waals surface area contributed by atoms with Crippen molar-refractivity contribution in [2.45, 2.75) is 19.4 Å². The van der Waals surface area contributed by atoms with Crippen LogP contribution in [0.1, 0.15) is 13.3 Å². The molecule has 2 aromatic rings. The topological polar surface area (TPSA) is 75.7 Å². The van der Waals surface area contributed by atoms with Crippen LogP contribution in [0.15, 0.2) is 27.4 Å². The summed E-state index contributed by atoms with van der Waals surface area (Å²) in [7, 11) is 3.46. The van der Waals surface area contributed by atoms with Crippen molar-refractivity contribution in [1.29, 1.82) is 0 Å². The molecule has 1 atom stereocenters. The summed E-state index contributed by atoms with van der Waals surface area (Å²) in [6.45, 7) is 1.83. The van der Waals surface area contributed by atoms with Crippen LogP contribution < -0.4 is 10.7 Å². The van der Waals surface area contributed by atoms with Crippen molar-refractivity contribution in [1.82, 2.24) is 4.57 Å². The third-order valence-corrected chi connectivity index (χ3v) is 3.31. The van der Waals surface area contributed by atoms with Gasteiger partial charge in [-0.3, -0.25) is 9.36 Å². The molecule has 0 radical (unpaired) electrons. The molecular weight excluding hydrogens is 248 g/mol. The standard InChI is InChI=1S/C13H16N2O4/c1-8(6-12(16)17)14(2)9-4-5-10-11(7-9)19-13(18)15(10)3/h4-5,7-8H,6H2,1-3H3,(H,16,17). The Hall–Kier alpha value is -2.24. The molecule has 1 N–H and O–H groups in total. The van der Waals surface area contributed by atoms with Gasteiger partial charge >= 0.3 is 11.7 Å². The third-order valence-electron chi connectivity index (χ3n) is 3.31. The second-order valence-electron chi connectivity index (χ2n) is 4.64. The summed E-state index contributed by atoms with van der Waals surface area (Å²) in [6.07, 6.45) is 0.0489. The number of oxazole rings is 1. The Kier molecular flexibility index (Phi) is 3.33. The second-order valence-corrected chi connectivity index (χ2v) is 4.64. The van der Waals surface area contributed by atoms with Gasteiger partial charge in [-0.15, -0.1) is 0 Å². The molecule has 0 saturated carbocycles. The van der Waals surface area contributed by atoms with E-state index in [4.69, 9.17) is 9.52 Å². The van der Waals surface area contributed by atoms with E-state index in [2.05, 4.69) is 0 Å². The van der Waals surface area contributed by atoms with E-state index in [1.165, 1.54) is 4.57 Å². The number of anilines is 1. The first-order valence-electron chi connectivity index (χ1n) is 5.94. The van der Waals surface area contributed by atoms with E-state index in [-0.39, 0.29) is 12.5 Å². The zero-order valence-corrected chi connectivity index (χ0v) is 11.1. The lowest BCUT2D eigenvalue weighted by molar-refractivity contribution is -0.137. The number of carbonyl (C=O) groups is 1. The summed E-state index contributed by atoms with van der Waals surface area (Å²) in [5.41, 5.74) is 2.03. The molecule has 0 spiro atoms. The van der Waals surface area contributed by atoms with Gasteiger partial charge in [-0.2, -0.15) is 0 Å². The molecule has 0 amide bonds. The van der Waals surface area contributed by atoms with Gasteiger partial charge in [0.1, 0.15) is 0 Å². The summed E-state index contributed by atoms with van der Waals surface area (Å²) in [4.78, 5) is 24.0. The molecule has 0 aliphatic heterocycles. The molecule has 19 heavy (non-hydrogen) atoms. The number of carboxylic acid groups (broad SMARTS) is 1. The highest BCUT2D eigenvalue weighted by atomic mass is 16.4. The second kappa shape index (κ2) is 4.79. The van der Waals surface area contributed by atoms with Crippen LogP contribution in [0.3, 0.4) is 0 Å². The summed E-state index contributed by atoms with van der Waals surface area (Å²) in [6, 6.07) is 5.23. The summed E-state index contributed by atoms with van der Waals surface area (Å²) >= 11 is 0. The lowest BCUT2D eigenvalue weighted by atomic mass is 10.2. The average Bonchev–Trinajstić information content (AvgIpc) is 2.63. The molecule has 0 aliphatic rings. The fraction of sp³-hybridized carbons (Fsp3) is 0.385. The normalized spacial score (nSPS) is 12.6. The average molecular weight is 264 g/mol. The number of nitrogens with zero attached hydrogens (tertiary/aromatic N) is 2. The third kappa shape index (κ3) is 2.47. The van der Waals surface area contributed by atoms with Gasteiger partial charge in [0.25, 0.3) is 0 Å². The molecule has 1 heterocycles. The largest absolute Gasteiger partial charge is 0.481 e. The molecule has 1 aromatic carbocycles. The Morgan fingerprint density at radius 1 is 1.53 bits per heavy atom. The van der Waals surface area contributed by atoms with Crippen LogP contribution in [0.25, 0.3) is 11.1 Å². The number of hydrogen-bond acceptors (Lipinski definition) is 4. The minimum absolute atomic E-state index is 0.0489. The maximum absolute atomic E-state index is 11.4. The molecule has 0 aliphatic carbocycles. The van der Waals surface area contributed by atoms with Gasteiger partial charge in [0, 0.05) is 31.9 Å². The van der Waals surface area contributed by atoms with E-state index in [0.29, 0.717) is 11.1 Å². The van der Waals surface area contributed by atoms with Crippen molar-refractivity contribution >= 4 is 22.8 Å². The van der Waals surface area contributed by atoms with E-state index in [1.54, 1.807) is 19.2 Å². The Balaban J connectivity index is 2.35. The minimum Gasteiger partial charge on any atom is -0.481 e. The molecule has 102 valence electrons. The highest BCUT2D eigenvalue weighted by Gasteiger charge is 2.15. The predicted octanol–water partition coefficient (Wildman–Crippen LogP) is 1.43. The summed E-state index contributed by atoms with van der Waals surface area (Å²) < 4.78 is 6.55. The van der Waals surface area contributed by atoms with Crippen LogP contribution in [-0.2, 0) is 11.8 Å². The van der Waals surface area contributed by atoms with Crippen molar-refractivity contribution in [3.63, 3.8) is 0 Å². The van der Waals surface area contributed by atoms with Crippen LogP contribution in [0.2, 0.25) is 0 Å². The van der Waals surface area contributed by atoms with Crippen LogP contribution in [0.4, 0.5) is 5.69 Å². The first-order valence-corrected chi connectivity index (χ1v) is 5.94. The minimum atomic E-state index is -0.841. The number of benzene rings is 1. The van der Waals surface area contributed by atoms with E-state index in [1.807, 2.05) is 24.9 Å². The molecule has 0 bridgehead atoms. The van der Waals surface area contributed by atoms with Gasteiger partial charge in [0.15, 0.2) is 5.58 Å². The van der Waals surface area contributed by atoms with Crippen molar-refractivity contribution in [3.05, 3.63) is 28.7 Å². The highest BCUT2D eigenvalue weighted by molar-refractivity contribution is 5.78. The molecule has 1 unspecified atom stereocenters. The zero-order chi connectivity index (χ0) is 14.2. The van der Waals surface area contributed by atoms with Crippen LogP contribution in [0.5, 0.6) is 0 Å². The number of aromatic nitrogens is 1. The Morgan fingerprint density at radius 2 is 2.21 bits per heavy atom. The van der Waals surface area contributed by atoms with E-state index in [0.717, 1.165) is 5.69 Å². The summed E-state index contributed by atoms with van der Waals surface area (Å²) in [5, 5.41) is 8.80. The molecule has 6 nitrogen and oxygen atoms in total. The fourth-order valence-electron chi connectivity index (χ4n) is 1.99. The summed E-state index contributed by atoms with van der Waals surface area (Å²) in [5.74, 6) is -1.25. The molecule has 0 saturated heterocycles. The lowest BCUT2D eigenvalue weighted by Gasteiger charge is -2.25. The fourth-order valence-corrected chi connectivity index (χ4v) is 1.99. The maximum atomic E-state index is 11.4. The van der Waals surface area contributed by atoms with Gasteiger partial charge in [-0.1, -0.05) is 0 Å². The van der Waals surface area contributed by atoms with Crippen molar-refractivity contribution in [3.8, 4) is 0 Å². The number of carboxylic acids is 1. The first-order chi connectivity index (χ1) is 8.90. The SMILES string of the molecule is CC(CC(=O)O)N(C)c1ccc2c(c1)oc(=O)n2C. The van der Waals surface area contributed by atoms with Crippen LogP contribution >= 0.6 is 0 Å². The van der Waals surface area contributed by atoms with Gasteiger partial charge in [0.2, 0.25) is 0 Å². The van der Waals surface area contributed by atoms with Gasteiger partial charge < -0.3 is 14.4 Å². The van der Waals surface area contributed by atoms with Crippen molar-refractivity contribution < 1.29 is 14.3 Å². The number of hydrogen-bond donors (Lipinski definition) is 1. The van der Waals surface area contributed by atoms with Crippen molar-refractivity contribution in [2.75, 3.05) is 11.9 Å². The van der Waals surface area contributed by atoms with Gasteiger partial charge in [-0.05, 0) is 19.1 Å². The van der Waals surface area contributed by atoms with Crippen molar-refractivity contribution in [2.24, 2.45) is 7.05 Å². The molecule has 6 heteroatoms. The van der Waals surface area contributed by atoms with Gasteiger partial charge in [-0.25, -0.2) is 4.79 Å². The lowest BCUT2D eigenvalue weighted by Crippen LogP contribution is -2.30. The number of fused-ring (bicyclic) bond motifs is 1. The van der Waals surface area contributed by atoms with Gasteiger partial charge in [0.05, 0.1) is 11.9 Å². The predicted molar refractivity (Wildman–Crippen MR) is 71.6 cm³/mol. The Morgan fingerprint density at radius 3 is 2.84 bits per heavy atom. The molecule has 0 fully saturated rings. The number of aliphatic carboxylic acids is 1.